The molecule has 0 saturated carbocycles. The van der Waals surface area contributed by atoms with Crippen molar-refractivity contribution in [2.24, 2.45) is 0 Å². The Hall–Kier alpha value is -1.37. The molecule has 19 heavy (non-hydrogen) atoms. The summed E-state index contributed by atoms with van der Waals surface area (Å²) in [5.41, 5.74) is -3.70. The summed E-state index contributed by atoms with van der Waals surface area (Å²) >= 11 is -0.626. The molecule has 0 heterocycles. The lowest BCUT2D eigenvalue weighted by Gasteiger charge is -2.22. The van der Waals surface area contributed by atoms with E-state index in [1.54, 1.807) is 6.07 Å². The van der Waals surface area contributed by atoms with Crippen molar-refractivity contribution < 1.29 is 22.1 Å². The van der Waals surface area contributed by atoms with Crippen LogP contribution in [0, 0.1) is 0 Å². The molecule has 0 spiro atoms. The number of rotatable bonds is 6. The Morgan fingerprint density at radius 3 is 2.42 bits per heavy atom. The summed E-state index contributed by atoms with van der Waals surface area (Å²) in [7, 11) is 0. The molecular weight excluding hydrogens is 279 g/mol. The van der Waals surface area contributed by atoms with Gasteiger partial charge in [-0.3, -0.25) is 4.79 Å². The van der Waals surface area contributed by atoms with E-state index in [9.17, 15) is 18.0 Å². The number of anilines is 1. The molecule has 0 fully saturated rings. The Morgan fingerprint density at radius 1 is 1.32 bits per heavy atom. The minimum atomic E-state index is -4.51. The van der Waals surface area contributed by atoms with Crippen LogP contribution < -0.4 is 9.08 Å². The Morgan fingerprint density at radius 2 is 1.95 bits per heavy atom. The van der Waals surface area contributed by atoms with Gasteiger partial charge in [-0.2, -0.15) is 13.2 Å². The van der Waals surface area contributed by atoms with Gasteiger partial charge in [-0.25, -0.2) is 0 Å². The second-order valence-electron chi connectivity index (χ2n) is 3.62. The maximum Gasteiger partial charge on any atom is 0.479 e. The van der Waals surface area contributed by atoms with Crippen LogP contribution in [0.5, 0.6) is 5.75 Å². The summed E-state index contributed by atoms with van der Waals surface area (Å²) in [6, 6.07) is 4.57. The van der Waals surface area contributed by atoms with Crippen LogP contribution >= 0.6 is 12.0 Å². The number of hydrogen-bond acceptors (Lipinski definition) is 4. The van der Waals surface area contributed by atoms with Crippen LogP contribution in [0.2, 0.25) is 0 Å². The second kappa shape index (κ2) is 6.70. The summed E-state index contributed by atoms with van der Waals surface area (Å²) in [6.45, 7) is 5.29. The summed E-state index contributed by atoms with van der Waals surface area (Å²) in [5.74, 6) is -0.0817. The predicted molar refractivity (Wildman–Crippen MR) is 69.7 cm³/mol. The lowest BCUT2D eigenvalue weighted by molar-refractivity contribution is -0.0369. The van der Waals surface area contributed by atoms with E-state index in [2.05, 4.69) is 4.18 Å². The molecule has 0 aliphatic heterocycles. The van der Waals surface area contributed by atoms with E-state index in [1.807, 2.05) is 18.7 Å². The Bertz CT molecular complexity index is 433. The van der Waals surface area contributed by atoms with E-state index in [4.69, 9.17) is 0 Å². The van der Waals surface area contributed by atoms with E-state index in [0.717, 1.165) is 0 Å². The van der Waals surface area contributed by atoms with Crippen LogP contribution in [0.15, 0.2) is 18.2 Å². The third-order valence-corrected chi connectivity index (χ3v) is 2.93. The third kappa shape index (κ3) is 4.66. The van der Waals surface area contributed by atoms with Crippen LogP contribution in [0.3, 0.4) is 0 Å². The van der Waals surface area contributed by atoms with Crippen molar-refractivity contribution >= 4 is 24.0 Å². The molecule has 0 unspecified atom stereocenters. The normalized spacial score (nSPS) is 11.2. The molecule has 0 bridgehead atoms. The highest BCUT2D eigenvalue weighted by atomic mass is 32.2. The molecule has 7 heteroatoms. The molecule has 0 saturated heterocycles. The average molecular weight is 293 g/mol. The maximum atomic E-state index is 12.1. The summed E-state index contributed by atoms with van der Waals surface area (Å²) in [5, 5.41) is 0. The molecule has 0 atom stereocenters. The first-order valence-corrected chi connectivity index (χ1v) is 6.42. The van der Waals surface area contributed by atoms with Gasteiger partial charge in [0.25, 0.3) is 0 Å². The number of benzene rings is 1. The highest BCUT2D eigenvalue weighted by molar-refractivity contribution is 7.95. The van der Waals surface area contributed by atoms with Gasteiger partial charge in [-0.1, -0.05) is 0 Å². The zero-order chi connectivity index (χ0) is 14.5. The molecule has 0 aliphatic carbocycles. The van der Waals surface area contributed by atoms with E-state index >= 15 is 0 Å². The van der Waals surface area contributed by atoms with E-state index in [0.29, 0.717) is 25.1 Å². The largest absolute Gasteiger partial charge is 0.479 e. The highest BCUT2D eigenvalue weighted by Gasteiger charge is 2.32. The van der Waals surface area contributed by atoms with Crippen molar-refractivity contribution in [3.63, 3.8) is 0 Å². The van der Waals surface area contributed by atoms with Gasteiger partial charge in [0.2, 0.25) is 0 Å². The van der Waals surface area contributed by atoms with Crippen molar-refractivity contribution in [1.82, 2.24) is 0 Å². The Balaban J connectivity index is 2.99. The fourth-order valence-electron chi connectivity index (χ4n) is 1.57. The number of halogens is 3. The molecule has 106 valence electrons. The van der Waals surface area contributed by atoms with Gasteiger partial charge in [0.15, 0.2) is 18.3 Å². The highest BCUT2D eigenvalue weighted by Crippen LogP contribution is 2.35. The third-order valence-electron chi connectivity index (χ3n) is 2.48. The number of aldehydes is 1. The van der Waals surface area contributed by atoms with Gasteiger partial charge < -0.3 is 9.08 Å². The van der Waals surface area contributed by atoms with Crippen molar-refractivity contribution in [2.45, 2.75) is 19.4 Å². The Labute approximate surface area is 113 Å². The molecule has 0 aromatic heterocycles. The van der Waals surface area contributed by atoms with Crippen LogP contribution in [-0.4, -0.2) is 24.9 Å². The summed E-state index contributed by atoms with van der Waals surface area (Å²) in [6.07, 6.45) is 0.471. The van der Waals surface area contributed by atoms with Gasteiger partial charge >= 0.3 is 5.51 Å². The van der Waals surface area contributed by atoms with E-state index in [-0.39, 0.29) is 11.3 Å². The fourth-order valence-corrected chi connectivity index (χ4v) is 1.90. The van der Waals surface area contributed by atoms with Gasteiger partial charge in [0, 0.05) is 24.8 Å². The van der Waals surface area contributed by atoms with E-state index in [1.165, 1.54) is 12.1 Å². The van der Waals surface area contributed by atoms with Crippen LogP contribution in [-0.2, 0) is 0 Å². The number of carbonyl (C=O) groups excluding carboxylic acids is 1. The van der Waals surface area contributed by atoms with Crippen molar-refractivity contribution in [1.29, 1.82) is 0 Å². The molecule has 0 radical (unpaired) electrons. The topological polar surface area (TPSA) is 29.5 Å². The quantitative estimate of drug-likeness (QED) is 0.588. The first kappa shape index (κ1) is 15.7. The van der Waals surface area contributed by atoms with Crippen LogP contribution in [0.4, 0.5) is 18.9 Å². The van der Waals surface area contributed by atoms with Gasteiger partial charge in [-0.15, -0.1) is 0 Å². The fraction of sp³-hybridized carbons (Fsp3) is 0.417. The standard InChI is InChI=1S/C12H14F3NO2S/c1-3-16(4-2)10-6-5-9(8-17)11(7-10)18-19-12(13,14)15/h5-8H,3-4H2,1-2H3. The number of alkyl halides is 3. The maximum absolute atomic E-state index is 12.1. The van der Waals surface area contributed by atoms with Gasteiger partial charge in [0.1, 0.15) is 5.75 Å². The van der Waals surface area contributed by atoms with Crippen molar-refractivity contribution in [3.8, 4) is 5.75 Å². The molecule has 1 rings (SSSR count). The lowest BCUT2D eigenvalue weighted by Crippen LogP contribution is -2.21. The molecule has 0 aliphatic rings. The predicted octanol–water partition coefficient (Wildman–Crippen LogP) is 3.89. The zero-order valence-corrected chi connectivity index (χ0v) is 11.3. The zero-order valence-electron chi connectivity index (χ0n) is 10.5. The number of nitrogens with zero attached hydrogens (tertiary/aromatic N) is 1. The number of carbonyl (C=O) groups is 1. The summed E-state index contributed by atoms with van der Waals surface area (Å²) in [4.78, 5) is 12.7. The summed E-state index contributed by atoms with van der Waals surface area (Å²) < 4.78 is 40.9. The molecule has 0 N–H and O–H groups in total. The number of hydrogen-bond donors (Lipinski definition) is 0. The first-order valence-electron chi connectivity index (χ1n) is 5.67. The SMILES string of the molecule is CCN(CC)c1ccc(C=O)c(OSC(F)(F)F)c1. The molecule has 0 amide bonds. The molecule has 3 nitrogen and oxygen atoms in total. The van der Waals surface area contributed by atoms with Crippen molar-refractivity contribution in [2.75, 3.05) is 18.0 Å². The molecule has 1 aromatic carbocycles. The van der Waals surface area contributed by atoms with Crippen LogP contribution in [0.1, 0.15) is 24.2 Å². The lowest BCUT2D eigenvalue weighted by atomic mass is 10.2. The average Bonchev–Trinajstić information content (AvgIpc) is 2.37. The van der Waals surface area contributed by atoms with Crippen LogP contribution in [0.25, 0.3) is 0 Å². The molecular formula is C12H14F3NO2S. The first-order chi connectivity index (χ1) is 8.91. The van der Waals surface area contributed by atoms with E-state index < -0.39 is 17.6 Å². The minimum Gasteiger partial charge on any atom is -0.416 e. The van der Waals surface area contributed by atoms with Gasteiger partial charge in [0.05, 0.1) is 5.56 Å². The smallest absolute Gasteiger partial charge is 0.416 e. The monoisotopic (exact) mass is 293 g/mol. The minimum absolute atomic E-state index is 0.0817. The second-order valence-corrected chi connectivity index (χ2v) is 4.42. The Kier molecular flexibility index (Phi) is 5.53. The molecule has 1 aromatic rings. The van der Waals surface area contributed by atoms with Crippen molar-refractivity contribution in [3.05, 3.63) is 23.8 Å². The van der Waals surface area contributed by atoms with Gasteiger partial charge in [-0.05, 0) is 26.0 Å².